The highest BCUT2D eigenvalue weighted by atomic mass is 15.3. The molecular weight excluding hydrogens is 156 g/mol. The fraction of sp³-hybridized carbons (Fsp3) is 0. The largest absolute Gasteiger partial charge is 0.397 e. The zero-order chi connectivity index (χ0) is 9.14. The third kappa shape index (κ3) is 1.21. The second-order valence-corrected chi connectivity index (χ2v) is 2.11. The number of hydrogen-bond donors (Lipinski definition) is 4. The maximum Gasteiger partial charge on any atom is 0.145 e. The van der Waals surface area contributed by atoms with Gasteiger partial charge in [0.2, 0.25) is 0 Å². The van der Waals surface area contributed by atoms with Crippen LogP contribution in [0.15, 0.2) is 6.07 Å². The van der Waals surface area contributed by atoms with Gasteiger partial charge in [0.05, 0.1) is 5.69 Å². The first-order valence-corrected chi connectivity index (χ1v) is 3.11. The van der Waals surface area contributed by atoms with E-state index in [4.69, 9.17) is 22.6 Å². The number of nitrogens with zero attached hydrogens (tertiary/aromatic N) is 2. The van der Waals surface area contributed by atoms with Gasteiger partial charge in [0.15, 0.2) is 0 Å². The minimum atomic E-state index is 0.0745. The van der Waals surface area contributed by atoms with Crippen LogP contribution in [0.3, 0.4) is 0 Å². The molecular formula is C6H8N6. The fourth-order valence-electron chi connectivity index (χ4n) is 0.781. The summed E-state index contributed by atoms with van der Waals surface area (Å²) in [7, 11) is 0. The fourth-order valence-corrected chi connectivity index (χ4v) is 0.781. The highest BCUT2D eigenvalue weighted by Crippen LogP contribution is 2.19. The molecule has 0 saturated carbocycles. The minimum Gasteiger partial charge on any atom is -0.397 e. The van der Waals surface area contributed by atoms with Crippen molar-refractivity contribution in [3.63, 3.8) is 0 Å². The smallest absolute Gasteiger partial charge is 0.145 e. The van der Waals surface area contributed by atoms with Crippen LogP contribution in [0, 0.1) is 11.3 Å². The van der Waals surface area contributed by atoms with Crippen molar-refractivity contribution in [3.05, 3.63) is 11.6 Å². The van der Waals surface area contributed by atoms with Crippen molar-refractivity contribution in [1.82, 2.24) is 4.98 Å². The number of nitrogen functional groups attached to an aromatic ring is 3. The van der Waals surface area contributed by atoms with E-state index in [9.17, 15) is 0 Å². The van der Waals surface area contributed by atoms with Crippen LogP contribution in [0.2, 0.25) is 0 Å². The summed E-state index contributed by atoms with van der Waals surface area (Å²) in [5.74, 6) is 5.48. The van der Waals surface area contributed by atoms with E-state index >= 15 is 0 Å². The van der Waals surface area contributed by atoms with E-state index in [0.717, 1.165) is 0 Å². The second-order valence-electron chi connectivity index (χ2n) is 2.11. The topological polar surface area (TPSA) is 127 Å². The average Bonchev–Trinajstić information content (AvgIpc) is 2.03. The monoisotopic (exact) mass is 164 g/mol. The zero-order valence-electron chi connectivity index (χ0n) is 6.20. The SMILES string of the molecule is N#Cc1c(N)cc(NN)nc1N. The van der Waals surface area contributed by atoms with Crippen molar-refractivity contribution in [2.24, 2.45) is 5.84 Å². The molecule has 0 spiro atoms. The number of nitrogens with one attached hydrogen (secondary N) is 1. The van der Waals surface area contributed by atoms with Gasteiger partial charge in [0, 0.05) is 6.07 Å². The van der Waals surface area contributed by atoms with Crippen LogP contribution in [-0.2, 0) is 0 Å². The maximum atomic E-state index is 8.56. The minimum absolute atomic E-state index is 0.0745. The normalized spacial score (nSPS) is 9.00. The quantitative estimate of drug-likeness (QED) is 0.324. The molecule has 0 fully saturated rings. The van der Waals surface area contributed by atoms with Gasteiger partial charge in [0.1, 0.15) is 23.3 Å². The van der Waals surface area contributed by atoms with Gasteiger partial charge in [-0.15, -0.1) is 0 Å². The van der Waals surface area contributed by atoms with E-state index in [2.05, 4.69) is 10.4 Å². The van der Waals surface area contributed by atoms with Gasteiger partial charge in [-0.1, -0.05) is 0 Å². The van der Waals surface area contributed by atoms with E-state index in [1.165, 1.54) is 6.07 Å². The van der Waals surface area contributed by atoms with E-state index in [0.29, 0.717) is 5.82 Å². The highest BCUT2D eigenvalue weighted by molar-refractivity contribution is 5.68. The lowest BCUT2D eigenvalue weighted by Crippen LogP contribution is -2.11. The van der Waals surface area contributed by atoms with Gasteiger partial charge < -0.3 is 16.9 Å². The van der Waals surface area contributed by atoms with Crippen LogP contribution in [0.5, 0.6) is 0 Å². The molecule has 0 aliphatic heterocycles. The number of nitrogens with two attached hydrogens (primary N) is 3. The summed E-state index contributed by atoms with van der Waals surface area (Å²) in [5, 5.41) is 8.56. The zero-order valence-corrected chi connectivity index (χ0v) is 6.20. The predicted molar refractivity (Wildman–Crippen MR) is 45.6 cm³/mol. The Morgan fingerprint density at radius 3 is 2.58 bits per heavy atom. The van der Waals surface area contributed by atoms with Crippen molar-refractivity contribution < 1.29 is 0 Å². The Bertz CT molecular complexity index is 315. The molecule has 1 aromatic rings. The Morgan fingerprint density at radius 2 is 2.17 bits per heavy atom. The van der Waals surface area contributed by atoms with Crippen LogP contribution in [0.4, 0.5) is 17.3 Å². The molecule has 0 radical (unpaired) electrons. The summed E-state index contributed by atoms with van der Waals surface area (Å²) >= 11 is 0. The number of aromatic nitrogens is 1. The average molecular weight is 164 g/mol. The summed E-state index contributed by atoms with van der Waals surface area (Å²) in [4.78, 5) is 3.76. The van der Waals surface area contributed by atoms with Gasteiger partial charge in [-0.25, -0.2) is 10.8 Å². The summed E-state index contributed by atoms with van der Waals surface area (Å²) in [6, 6.07) is 3.27. The highest BCUT2D eigenvalue weighted by Gasteiger charge is 2.05. The van der Waals surface area contributed by atoms with Crippen LogP contribution < -0.4 is 22.7 Å². The van der Waals surface area contributed by atoms with Crippen LogP contribution >= 0.6 is 0 Å². The first kappa shape index (κ1) is 8.10. The Kier molecular flexibility index (Phi) is 1.98. The number of nitriles is 1. The molecule has 0 unspecified atom stereocenters. The molecule has 1 rings (SSSR count). The van der Waals surface area contributed by atoms with Gasteiger partial charge in [-0.3, -0.25) is 0 Å². The lowest BCUT2D eigenvalue weighted by molar-refractivity contribution is 1.23. The Morgan fingerprint density at radius 1 is 1.50 bits per heavy atom. The molecule has 1 heterocycles. The van der Waals surface area contributed by atoms with Crippen molar-refractivity contribution in [3.8, 4) is 6.07 Å². The molecule has 0 aliphatic carbocycles. The molecule has 12 heavy (non-hydrogen) atoms. The third-order valence-corrected chi connectivity index (χ3v) is 1.34. The predicted octanol–water partition coefficient (Wildman–Crippen LogP) is -0.597. The molecule has 6 nitrogen and oxygen atoms in total. The van der Waals surface area contributed by atoms with Crippen molar-refractivity contribution in [2.75, 3.05) is 16.9 Å². The third-order valence-electron chi connectivity index (χ3n) is 1.34. The lowest BCUT2D eigenvalue weighted by atomic mass is 10.2. The molecule has 0 amide bonds. The molecule has 1 aromatic heterocycles. The summed E-state index contributed by atoms with van der Waals surface area (Å²) in [5.41, 5.74) is 13.6. The van der Waals surface area contributed by atoms with Gasteiger partial charge in [-0.05, 0) is 0 Å². The van der Waals surface area contributed by atoms with E-state index < -0.39 is 0 Å². The first-order valence-electron chi connectivity index (χ1n) is 3.11. The number of pyridine rings is 1. The molecule has 0 atom stereocenters. The molecule has 0 aromatic carbocycles. The number of anilines is 3. The van der Waals surface area contributed by atoms with Gasteiger partial charge >= 0.3 is 0 Å². The van der Waals surface area contributed by atoms with Crippen molar-refractivity contribution in [2.45, 2.75) is 0 Å². The van der Waals surface area contributed by atoms with Crippen molar-refractivity contribution >= 4 is 17.3 Å². The van der Waals surface area contributed by atoms with Gasteiger partial charge in [0.25, 0.3) is 0 Å². The lowest BCUT2D eigenvalue weighted by Gasteiger charge is -2.04. The maximum absolute atomic E-state index is 8.56. The Balaban J connectivity index is 3.30. The molecule has 62 valence electrons. The summed E-state index contributed by atoms with van der Waals surface area (Å²) in [6.07, 6.45) is 0. The van der Waals surface area contributed by atoms with Gasteiger partial charge in [-0.2, -0.15) is 5.26 Å². The second kappa shape index (κ2) is 2.94. The summed E-state index contributed by atoms with van der Waals surface area (Å²) in [6.45, 7) is 0. The number of rotatable bonds is 1. The summed E-state index contributed by atoms with van der Waals surface area (Å²) < 4.78 is 0. The van der Waals surface area contributed by atoms with E-state index in [-0.39, 0.29) is 17.1 Å². The molecule has 7 N–H and O–H groups in total. The standard InChI is InChI=1S/C6H8N6/c7-2-3-4(8)1-5(12-10)11-6(3)9/h1H,10H2,(H5,8,9,11,12). The van der Waals surface area contributed by atoms with E-state index in [1.807, 2.05) is 6.07 Å². The van der Waals surface area contributed by atoms with Crippen LogP contribution in [0.25, 0.3) is 0 Å². The molecule has 6 heteroatoms. The molecule has 0 aliphatic rings. The van der Waals surface area contributed by atoms with Crippen molar-refractivity contribution in [1.29, 1.82) is 5.26 Å². The Hall–Kier alpha value is -2.00. The Labute approximate surface area is 68.9 Å². The van der Waals surface area contributed by atoms with E-state index in [1.54, 1.807) is 0 Å². The number of hydrogen-bond acceptors (Lipinski definition) is 6. The number of hydrazine groups is 1. The first-order chi connectivity index (χ1) is 5.69. The van der Waals surface area contributed by atoms with Crippen LogP contribution in [-0.4, -0.2) is 4.98 Å². The molecule has 0 bridgehead atoms. The molecule has 0 saturated heterocycles. The van der Waals surface area contributed by atoms with Crippen LogP contribution in [0.1, 0.15) is 5.56 Å².